The van der Waals surface area contributed by atoms with Crippen molar-refractivity contribution in [3.63, 3.8) is 0 Å². The molecule has 0 heterocycles. The summed E-state index contributed by atoms with van der Waals surface area (Å²) in [6.07, 6.45) is 2.50. The van der Waals surface area contributed by atoms with E-state index in [1.807, 2.05) is 18.9 Å². The van der Waals surface area contributed by atoms with Gasteiger partial charge in [-0.05, 0) is 33.7 Å². The lowest BCUT2D eigenvalue weighted by molar-refractivity contribution is -0.144. The summed E-state index contributed by atoms with van der Waals surface area (Å²) >= 11 is 0. The Morgan fingerprint density at radius 1 is 1.47 bits per heavy atom. The van der Waals surface area contributed by atoms with Crippen molar-refractivity contribution in [2.45, 2.75) is 45.2 Å². The number of ether oxygens (including phenoxy) is 1. The van der Waals surface area contributed by atoms with E-state index < -0.39 is 0 Å². The zero-order chi connectivity index (χ0) is 12.8. The van der Waals surface area contributed by atoms with Crippen molar-refractivity contribution in [1.29, 1.82) is 0 Å². The first-order chi connectivity index (χ1) is 8.04. The van der Waals surface area contributed by atoms with Crippen molar-refractivity contribution in [3.8, 4) is 0 Å². The van der Waals surface area contributed by atoms with Gasteiger partial charge >= 0.3 is 5.97 Å². The number of rotatable bonds is 7. The Bertz CT molecular complexity index is 277. The van der Waals surface area contributed by atoms with Crippen LogP contribution in [0, 0.1) is 0 Å². The average molecular weight is 242 g/mol. The van der Waals surface area contributed by atoms with Gasteiger partial charge in [0, 0.05) is 12.6 Å². The highest BCUT2D eigenvalue weighted by Gasteiger charge is 2.27. The molecule has 0 radical (unpaired) electrons. The van der Waals surface area contributed by atoms with E-state index in [9.17, 15) is 9.59 Å². The van der Waals surface area contributed by atoms with E-state index >= 15 is 0 Å². The second kappa shape index (κ2) is 6.59. The fourth-order valence-corrected chi connectivity index (χ4v) is 1.44. The summed E-state index contributed by atoms with van der Waals surface area (Å²) in [4.78, 5) is 24.8. The number of hydrogen-bond acceptors (Lipinski definition) is 4. The number of nitrogens with zero attached hydrogens (tertiary/aromatic N) is 1. The Balaban J connectivity index is 2.22. The van der Waals surface area contributed by atoms with Crippen LogP contribution in [0.5, 0.6) is 0 Å². The molecule has 1 aliphatic carbocycles. The molecule has 1 unspecified atom stereocenters. The zero-order valence-electron chi connectivity index (χ0n) is 10.9. The smallest absolute Gasteiger partial charge is 0.307 e. The largest absolute Gasteiger partial charge is 0.466 e. The van der Waals surface area contributed by atoms with Crippen LogP contribution in [0.3, 0.4) is 0 Å². The van der Waals surface area contributed by atoms with Crippen LogP contribution in [0.15, 0.2) is 0 Å². The number of carbonyl (C=O) groups excluding carboxylic acids is 2. The highest BCUT2D eigenvalue weighted by molar-refractivity contribution is 5.81. The van der Waals surface area contributed by atoms with Crippen LogP contribution in [0.2, 0.25) is 0 Å². The van der Waals surface area contributed by atoms with Crippen LogP contribution in [-0.4, -0.2) is 49.1 Å². The lowest BCUT2D eigenvalue weighted by Gasteiger charge is -2.23. The Morgan fingerprint density at radius 2 is 2.12 bits per heavy atom. The summed E-state index contributed by atoms with van der Waals surface area (Å²) in [5.41, 5.74) is 0. The van der Waals surface area contributed by atoms with Gasteiger partial charge in [-0.1, -0.05) is 0 Å². The second-order valence-corrected chi connectivity index (χ2v) is 4.49. The predicted octanol–water partition coefficient (Wildman–Crippen LogP) is 0.539. The third-order valence-corrected chi connectivity index (χ3v) is 2.94. The normalized spacial score (nSPS) is 16.7. The number of carbonyl (C=O) groups is 2. The molecular weight excluding hydrogens is 220 g/mol. The number of likely N-dealkylation sites (N-methyl/N-ethyl adjacent to an activating group) is 1. The lowest BCUT2D eigenvalue weighted by Crippen LogP contribution is -2.44. The molecule has 0 aromatic heterocycles. The van der Waals surface area contributed by atoms with Crippen molar-refractivity contribution in [3.05, 3.63) is 0 Å². The quantitative estimate of drug-likeness (QED) is 0.662. The fourth-order valence-electron chi connectivity index (χ4n) is 1.44. The molecule has 5 heteroatoms. The maximum atomic E-state index is 11.7. The van der Waals surface area contributed by atoms with Crippen molar-refractivity contribution in [1.82, 2.24) is 10.2 Å². The molecule has 1 amide bonds. The molecule has 1 atom stereocenters. The van der Waals surface area contributed by atoms with Crippen LogP contribution in [0.1, 0.15) is 33.1 Å². The maximum Gasteiger partial charge on any atom is 0.307 e. The summed E-state index contributed by atoms with van der Waals surface area (Å²) in [6.45, 7) is 4.58. The minimum atomic E-state index is -0.214. The molecule has 1 fully saturated rings. The van der Waals surface area contributed by atoms with Gasteiger partial charge in [0.05, 0.1) is 19.1 Å². The van der Waals surface area contributed by atoms with Gasteiger partial charge in [-0.3, -0.25) is 14.5 Å². The topological polar surface area (TPSA) is 58.6 Å². The molecule has 0 aromatic rings. The molecular formula is C12H22N2O3. The average Bonchev–Trinajstić information content (AvgIpc) is 3.09. The van der Waals surface area contributed by atoms with Crippen molar-refractivity contribution >= 4 is 11.9 Å². The number of esters is 1. The minimum Gasteiger partial charge on any atom is -0.466 e. The molecule has 0 spiro atoms. The minimum absolute atomic E-state index is 0.0406. The SMILES string of the molecule is CCOC(=O)CCN(C)C(C)C(=O)NC1CC1. The summed E-state index contributed by atoms with van der Waals surface area (Å²) in [7, 11) is 1.84. The molecule has 1 saturated carbocycles. The van der Waals surface area contributed by atoms with E-state index in [1.165, 1.54) is 0 Å². The molecule has 17 heavy (non-hydrogen) atoms. The molecule has 1 N–H and O–H groups in total. The Labute approximate surface area is 102 Å². The van der Waals surface area contributed by atoms with E-state index in [-0.39, 0.29) is 17.9 Å². The van der Waals surface area contributed by atoms with Crippen LogP contribution < -0.4 is 5.32 Å². The molecule has 0 saturated heterocycles. The Hall–Kier alpha value is -1.10. The molecule has 5 nitrogen and oxygen atoms in total. The highest BCUT2D eigenvalue weighted by atomic mass is 16.5. The van der Waals surface area contributed by atoms with Gasteiger partial charge in [0.25, 0.3) is 0 Å². The van der Waals surface area contributed by atoms with Crippen LogP contribution >= 0.6 is 0 Å². The lowest BCUT2D eigenvalue weighted by atomic mass is 10.2. The van der Waals surface area contributed by atoms with Gasteiger partial charge in [-0.2, -0.15) is 0 Å². The van der Waals surface area contributed by atoms with Crippen LogP contribution in [0.4, 0.5) is 0 Å². The molecule has 1 rings (SSSR count). The van der Waals surface area contributed by atoms with Gasteiger partial charge in [0.15, 0.2) is 0 Å². The summed E-state index contributed by atoms with van der Waals surface area (Å²) in [6, 6.07) is 0.174. The first-order valence-corrected chi connectivity index (χ1v) is 6.20. The van der Waals surface area contributed by atoms with Gasteiger partial charge in [0.1, 0.15) is 0 Å². The van der Waals surface area contributed by atoms with Crippen molar-refractivity contribution < 1.29 is 14.3 Å². The fraction of sp³-hybridized carbons (Fsp3) is 0.833. The predicted molar refractivity (Wildman–Crippen MR) is 64.5 cm³/mol. The van der Waals surface area contributed by atoms with Gasteiger partial charge in [-0.15, -0.1) is 0 Å². The van der Waals surface area contributed by atoms with Crippen molar-refractivity contribution in [2.24, 2.45) is 0 Å². The van der Waals surface area contributed by atoms with Gasteiger partial charge < -0.3 is 10.1 Å². The van der Waals surface area contributed by atoms with E-state index in [0.717, 1.165) is 12.8 Å². The maximum absolute atomic E-state index is 11.7. The molecule has 1 aliphatic rings. The molecule has 0 aliphatic heterocycles. The summed E-state index contributed by atoms with van der Waals surface area (Å²) in [5.74, 6) is -0.173. The third kappa shape index (κ3) is 5.17. The molecule has 0 bridgehead atoms. The second-order valence-electron chi connectivity index (χ2n) is 4.49. The van der Waals surface area contributed by atoms with Crippen LogP contribution in [-0.2, 0) is 14.3 Å². The Kier molecular flexibility index (Phi) is 5.41. The molecule has 98 valence electrons. The standard InChI is InChI=1S/C12H22N2O3/c1-4-17-11(15)7-8-14(3)9(2)12(16)13-10-5-6-10/h9-10H,4-8H2,1-3H3,(H,13,16). The van der Waals surface area contributed by atoms with Gasteiger partial charge in [-0.25, -0.2) is 0 Å². The first-order valence-electron chi connectivity index (χ1n) is 6.20. The summed E-state index contributed by atoms with van der Waals surface area (Å²) < 4.78 is 4.84. The molecule has 0 aromatic carbocycles. The van der Waals surface area contributed by atoms with E-state index in [4.69, 9.17) is 4.74 Å². The third-order valence-electron chi connectivity index (χ3n) is 2.94. The van der Waals surface area contributed by atoms with Crippen molar-refractivity contribution in [2.75, 3.05) is 20.2 Å². The zero-order valence-corrected chi connectivity index (χ0v) is 10.9. The number of hydrogen-bond donors (Lipinski definition) is 1. The number of amides is 1. The summed E-state index contributed by atoms with van der Waals surface area (Å²) in [5, 5.41) is 2.95. The number of nitrogens with one attached hydrogen (secondary N) is 1. The van der Waals surface area contributed by atoms with E-state index in [0.29, 0.717) is 25.6 Å². The Morgan fingerprint density at radius 3 is 2.65 bits per heavy atom. The highest BCUT2D eigenvalue weighted by Crippen LogP contribution is 2.18. The van der Waals surface area contributed by atoms with Gasteiger partial charge in [0.2, 0.25) is 5.91 Å². The first kappa shape index (κ1) is 14.0. The monoisotopic (exact) mass is 242 g/mol. The van der Waals surface area contributed by atoms with E-state index in [2.05, 4.69) is 5.32 Å². The van der Waals surface area contributed by atoms with Crippen LogP contribution in [0.25, 0.3) is 0 Å². The van der Waals surface area contributed by atoms with E-state index in [1.54, 1.807) is 6.92 Å².